The number of aryl methyl sites for hydroxylation is 1. The Morgan fingerprint density at radius 2 is 1.80 bits per heavy atom. The number of benzene rings is 1. The van der Waals surface area contributed by atoms with Gasteiger partial charge in [-0.1, -0.05) is 6.07 Å². The number of piperidine rings is 1. The second-order valence-electron chi connectivity index (χ2n) is 8.76. The van der Waals surface area contributed by atoms with E-state index in [-0.39, 0.29) is 23.8 Å². The first-order chi connectivity index (χ1) is 14.5. The minimum atomic E-state index is -0.648. The Hall–Kier alpha value is -2.45. The smallest absolute Gasteiger partial charge is 0.329 e. The first-order valence-electron chi connectivity index (χ1n) is 10.8. The highest BCUT2D eigenvalue weighted by Gasteiger charge is 2.40. The predicted octanol–water partition coefficient (Wildman–Crippen LogP) is 1.79. The Balaban J connectivity index is 1.38. The van der Waals surface area contributed by atoms with Crippen LogP contribution in [0.1, 0.15) is 50.1 Å². The molecule has 3 aliphatic rings. The van der Waals surface area contributed by atoms with Crippen LogP contribution >= 0.6 is 0 Å². The molecule has 1 saturated carbocycles. The van der Waals surface area contributed by atoms with E-state index in [1.54, 1.807) is 11.6 Å². The minimum Gasteiger partial charge on any atom is -0.348 e. The largest absolute Gasteiger partial charge is 0.348 e. The van der Waals surface area contributed by atoms with Crippen molar-refractivity contribution < 1.29 is 19.1 Å². The van der Waals surface area contributed by atoms with Crippen LogP contribution in [0.2, 0.25) is 0 Å². The number of hydrogen-bond donors (Lipinski definition) is 1. The summed E-state index contributed by atoms with van der Waals surface area (Å²) >= 11 is 0. The Morgan fingerprint density at radius 1 is 1.07 bits per heavy atom. The molecule has 1 spiro atoms. The molecule has 2 aliphatic heterocycles. The molecular weight excluding hydrogens is 386 g/mol. The molecule has 0 bridgehead atoms. The van der Waals surface area contributed by atoms with Crippen molar-refractivity contribution in [2.24, 2.45) is 13.0 Å². The highest BCUT2D eigenvalue weighted by molar-refractivity contribution is 6.00. The molecule has 30 heavy (non-hydrogen) atoms. The van der Waals surface area contributed by atoms with Crippen LogP contribution in [0.15, 0.2) is 23.0 Å². The minimum absolute atomic E-state index is 0.230. The van der Waals surface area contributed by atoms with Gasteiger partial charge in [-0.15, -0.1) is 0 Å². The highest BCUT2D eigenvalue weighted by Crippen LogP contribution is 2.39. The van der Waals surface area contributed by atoms with Crippen molar-refractivity contribution >= 4 is 22.8 Å². The van der Waals surface area contributed by atoms with Crippen LogP contribution in [0.5, 0.6) is 0 Å². The molecule has 8 heteroatoms. The van der Waals surface area contributed by atoms with Gasteiger partial charge in [-0.25, -0.2) is 4.79 Å². The molecular formula is C22H27N3O5. The number of carbonyl (C=O) groups excluding carboxylic acids is 2. The Kier molecular flexibility index (Phi) is 4.78. The maximum Gasteiger partial charge on any atom is 0.329 e. The number of rotatable bonds is 3. The van der Waals surface area contributed by atoms with E-state index in [4.69, 9.17) is 9.47 Å². The monoisotopic (exact) mass is 413 g/mol. The summed E-state index contributed by atoms with van der Waals surface area (Å²) in [6.45, 7) is 1.39. The lowest BCUT2D eigenvalue weighted by Gasteiger charge is -2.35. The predicted molar refractivity (Wildman–Crippen MR) is 109 cm³/mol. The van der Waals surface area contributed by atoms with E-state index in [0.717, 1.165) is 43.1 Å². The van der Waals surface area contributed by atoms with Crippen molar-refractivity contribution in [1.82, 2.24) is 14.5 Å². The van der Waals surface area contributed by atoms with E-state index in [0.29, 0.717) is 25.6 Å². The van der Waals surface area contributed by atoms with Crippen molar-refractivity contribution in [3.63, 3.8) is 0 Å². The van der Waals surface area contributed by atoms with Gasteiger partial charge in [-0.3, -0.25) is 24.0 Å². The third kappa shape index (κ3) is 3.28. The van der Waals surface area contributed by atoms with Gasteiger partial charge in [0.25, 0.3) is 0 Å². The van der Waals surface area contributed by atoms with E-state index in [1.165, 1.54) is 10.1 Å². The number of ether oxygens (including phenoxy) is 2. The summed E-state index contributed by atoms with van der Waals surface area (Å²) in [6, 6.07) is 5.40. The van der Waals surface area contributed by atoms with Gasteiger partial charge in [0.05, 0.1) is 24.2 Å². The van der Waals surface area contributed by atoms with Crippen LogP contribution in [-0.4, -0.2) is 39.9 Å². The van der Waals surface area contributed by atoms with Gasteiger partial charge < -0.3 is 9.47 Å². The molecule has 8 nitrogen and oxygen atoms in total. The molecule has 1 atom stereocenters. The number of nitrogens with one attached hydrogen (secondary N) is 1. The fraction of sp³-hybridized carbons (Fsp3) is 0.591. The van der Waals surface area contributed by atoms with Crippen LogP contribution in [0.4, 0.5) is 0 Å². The number of fused-ring (bicyclic) bond motifs is 1. The average Bonchev–Trinajstić information content (AvgIpc) is 3.28. The Labute approximate surface area is 174 Å². The molecule has 2 saturated heterocycles. The van der Waals surface area contributed by atoms with Crippen molar-refractivity contribution in [3.05, 3.63) is 34.2 Å². The van der Waals surface area contributed by atoms with Gasteiger partial charge in [0.2, 0.25) is 11.8 Å². The van der Waals surface area contributed by atoms with Gasteiger partial charge in [0.1, 0.15) is 6.04 Å². The second-order valence-corrected chi connectivity index (χ2v) is 8.76. The van der Waals surface area contributed by atoms with E-state index >= 15 is 0 Å². The molecule has 1 aromatic carbocycles. The van der Waals surface area contributed by atoms with Gasteiger partial charge in [0.15, 0.2) is 5.79 Å². The van der Waals surface area contributed by atoms with Crippen LogP contribution in [-0.2, 0) is 32.5 Å². The Bertz CT molecular complexity index is 1050. The van der Waals surface area contributed by atoms with Gasteiger partial charge in [0, 0.05) is 26.3 Å². The molecule has 160 valence electrons. The number of carbonyl (C=O) groups is 2. The van der Waals surface area contributed by atoms with Crippen LogP contribution in [0.3, 0.4) is 0 Å². The molecule has 3 heterocycles. The molecule has 0 radical (unpaired) electrons. The summed E-state index contributed by atoms with van der Waals surface area (Å²) in [5.41, 5.74) is 2.51. The number of imide groups is 1. The van der Waals surface area contributed by atoms with Crippen LogP contribution < -0.4 is 11.0 Å². The number of imidazole rings is 1. The molecule has 1 aromatic heterocycles. The van der Waals surface area contributed by atoms with Crippen molar-refractivity contribution in [2.45, 2.75) is 56.8 Å². The summed E-state index contributed by atoms with van der Waals surface area (Å²) in [7, 11) is 1.73. The lowest BCUT2D eigenvalue weighted by molar-refractivity contribution is -0.182. The number of amides is 2. The van der Waals surface area contributed by atoms with Gasteiger partial charge in [-0.05, 0) is 49.3 Å². The van der Waals surface area contributed by atoms with E-state index < -0.39 is 11.9 Å². The SMILES string of the molecule is Cn1c(=O)n(C2CCC(=O)NC2=O)c2ccc(CC3CCC4(CC3)OCCO4)cc21. The quantitative estimate of drug-likeness (QED) is 0.775. The lowest BCUT2D eigenvalue weighted by atomic mass is 9.81. The summed E-state index contributed by atoms with van der Waals surface area (Å²) in [6.07, 6.45) is 5.54. The zero-order chi connectivity index (χ0) is 20.9. The van der Waals surface area contributed by atoms with Gasteiger partial charge >= 0.3 is 5.69 Å². The maximum absolute atomic E-state index is 12.9. The van der Waals surface area contributed by atoms with Crippen LogP contribution in [0.25, 0.3) is 11.0 Å². The second kappa shape index (κ2) is 7.35. The molecule has 1 aliphatic carbocycles. The first-order valence-corrected chi connectivity index (χ1v) is 10.8. The average molecular weight is 413 g/mol. The molecule has 2 aromatic rings. The van der Waals surface area contributed by atoms with Crippen molar-refractivity contribution in [3.8, 4) is 0 Å². The van der Waals surface area contributed by atoms with E-state index in [9.17, 15) is 14.4 Å². The van der Waals surface area contributed by atoms with E-state index in [1.807, 2.05) is 6.07 Å². The van der Waals surface area contributed by atoms with Crippen molar-refractivity contribution in [1.29, 1.82) is 0 Å². The third-order valence-electron chi connectivity index (χ3n) is 6.88. The number of hydrogen-bond acceptors (Lipinski definition) is 5. The topological polar surface area (TPSA) is 91.6 Å². The molecule has 3 fully saturated rings. The Morgan fingerprint density at radius 3 is 2.50 bits per heavy atom. The maximum atomic E-state index is 12.9. The standard InChI is InChI=1S/C22H27N3O5/c1-24-18-13-15(12-14-6-8-22(9-7-14)29-10-11-30-22)2-3-16(18)25(21(24)28)17-4-5-19(26)23-20(17)27/h2-3,13-14,17H,4-12H2,1H3,(H,23,26,27). The summed E-state index contributed by atoms with van der Waals surface area (Å²) < 4.78 is 14.8. The normalized spacial score (nSPS) is 24.6. The highest BCUT2D eigenvalue weighted by atomic mass is 16.7. The molecule has 5 rings (SSSR count). The summed E-state index contributed by atoms with van der Waals surface area (Å²) in [4.78, 5) is 36.7. The first kappa shape index (κ1) is 19.5. The lowest BCUT2D eigenvalue weighted by Crippen LogP contribution is -2.44. The summed E-state index contributed by atoms with van der Waals surface area (Å²) in [5.74, 6) is -0.467. The third-order valence-corrected chi connectivity index (χ3v) is 6.88. The van der Waals surface area contributed by atoms with Crippen molar-refractivity contribution in [2.75, 3.05) is 13.2 Å². The molecule has 2 amide bonds. The zero-order valence-electron chi connectivity index (χ0n) is 17.2. The summed E-state index contributed by atoms with van der Waals surface area (Å²) in [5, 5.41) is 2.35. The fourth-order valence-corrected chi connectivity index (χ4v) is 5.21. The number of aromatic nitrogens is 2. The zero-order valence-corrected chi connectivity index (χ0v) is 17.2. The van der Waals surface area contributed by atoms with Crippen LogP contribution in [0, 0.1) is 5.92 Å². The van der Waals surface area contributed by atoms with E-state index in [2.05, 4.69) is 17.4 Å². The van der Waals surface area contributed by atoms with Gasteiger partial charge in [-0.2, -0.15) is 0 Å². The molecule has 1 unspecified atom stereocenters. The number of nitrogens with zero attached hydrogens (tertiary/aromatic N) is 2. The molecule has 1 N–H and O–H groups in total. The fourth-order valence-electron chi connectivity index (χ4n) is 5.21.